The summed E-state index contributed by atoms with van der Waals surface area (Å²) < 4.78 is 4.52. The summed E-state index contributed by atoms with van der Waals surface area (Å²) in [6.07, 6.45) is 5.05. The van der Waals surface area contributed by atoms with Gasteiger partial charge in [-0.3, -0.25) is 19.5 Å². The van der Waals surface area contributed by atoms with E-state index in [2.05, 4.69) is 4.98 Å². The maximum absolute atomic E-state index is 13.5. The van der Waals surface area contributed by atoms with E-state index in [4.69, 9.17) is 0 Å². The van der Waals surface area contributed by atoms with E-state index in [0.717, 1.165) is 25.7 Å². The summed E-state index contributed by atoms with van der Waals surface area (Å²) in [6.45, 7) is 0.227. The summed E-state index contributed by atoms with van der Waals surface area (Å²) in [6, 6.07) is 15.3. The fraction of sp³-hybridized carbons (Fsp3) is 0.261. The minimum Gasteiger partial charge on any atom is -0.320 e. The number of nitro groups is 1. The lowest BCUT2D eigenvalue weighted by Gasteiger charge is -2.17. The summed E-state index contributed by atoms with van der Waals surface area (Å²) in [5, 5.41) is 11.1. The lowest BCUT2D eigenvalue weighted by molar-refractivity contribution is -0.384. The van der Waals surface area contributed by atoms with E-state index in [1.165, 1.54) is 27.6 Å². The molecule has 0 radical (unpaired) electrons. The first-order valence-electron chi connectivity index (χ1n) is 10.6. The summed E-state index contributed by atoms with van der Waals surface area (Å²) in [7, 11) is 0. The van der Waals surface area contributed by atoms with Crippen molar-refractivity contribution in [3.05, 3.63) is 97.4 Å². The number of nitrogens with zero attached hydrogens (tertiary/aromatic N) is 5. The maximum Gasteiger partial charge on any atom is 0.337 e. The van der Waals surface area contributed by atoms with E-state index >= 15 is 0 Å². The second-order valence-corrected chi connectivity index (χ2v) is 8.04. The lowest BCUT2D eigenvalue weighted by Crippen LogP contribution is -2.41. The predicted octanol–water partition coefficient (Wildman–Crippen LogP) is 3.42. The Balaban J connectivity index is 1.74. The molecule has 2 heterocycles. The second-order valence-electron chi connectivity index (χ2n) is 8.04. The van der Waals surface area contributed by atoms with Gasteiger partial charge in [-0.2, -0.15) is 0 Å². The molecule has 0 amide bonds. The average molecular weight is 431 g/mol. The SMILES string of the molecule is O=c1c2c(ncn2Cc2cccc([N+](=O)[O-])c2)n(-c2ccccc2)c(=O)n1C1CCCC1. The van der Waals surface area contributed by atoms with Crippen LogP contribution in [0.1, 0.15) is 37.3 Å². The molecule has 0 N–H and O–H groups in total. The molecule has 0 bridgehead atoms. The molecule has 0 spiro atoms. The van der Waals surface area contributed by atoms with E-state index in [9.17, 15) is 19.7 Å². The molecule has 4 aromatic rings. The molecule has 9 nitrogen and oxygen atoms in total. The summed E-state index contributed by atoms with van der Waals surface area (Å²) in [4.78, 5) is 42.1. The Labute approximate surface area is 182 Å². The first-order chi connectivity index (χ1) is 15.5. The molecule has 1 aliphatic carbocycles. The topological polar surface area (TPSA) is 105 Å². The number of nitro benzene ring substituents is 1. The van der Waals surface area contributed by atoms with Crippen LogP contribution in [0.4, 0.5) is 5.69 Å². The van der Waals surface area contributed by atoms with Gasteiger partial charge in [-0.25, -0.2) is 14.3 Å². The molecule has 32 heavy (non-hydrogen) atoms. The largest absolute Gasteiger partial charge is 0.337 e. The van der Waals surface area contributed by atoms with Crippen LogP contribution in [0, 0.1) is 10.1 Å². The number of imidazole rings is 1. The maximum atomic E-state index is 13.5. The molecule has 0 unspecified atom stereocenters. The molecule has 1 fully saturated rings. The zero-order valence-corrected chi connectivity index (χ0v) is 17.3. The van der Waals surface area contributed by atoms with E-state index in [-0.39, 0.29) is 35.2 Å². The Morgan fingerprint density at radius 3 is 2.50 bits per heavy atom. The third kappa shape index (κ3) is 3.31. The van der Waals surface area contributed by atoms with Gasteiger partial charge in [0.15, 0.2) is 11.2 Å². The molecule has 162 valence electrons. The van der Waals surface area contributed by atoms with Crippen molar-refractivity contribution in [2.75, 3.05) is 0 Å². The molecule has 0 atom stereocenters. The standard InChI is InChI=1S/C23H21N5O4/c29-22-20-21(24-15-25(20)14-16-7-6-12-19(13-16)28(31)32)26(17-8-2-1-3-9-17)23(30)27(22)18-10-4-5-11-18/h1-3,6-9,12-13,15,18H,4-5,10-11,14H2. The summed E-state index contributed by atoms with van der Waals surface area (Å²) >= 11 is 0. The van der Waals surface area contributed by atoms with Crippen LogP contribution < -0.4 is 11.2 Å². The number of rotatable bonds is 5. The van der Waals surface area contributed by atoms with Crippen molar-refractivity contribution in [3.63, 3.8) is 0 Å². The van der Waals surface area contributed by atoms with Crippen LogP contribution in [0.15, 0.2) is 70.5 Å². The number of para-hydroxylation sites is 1. The molecule has 2 aromatic heterocycles. The smallest absolute Gasteiger partial charge is 0.320 e. The Kier molecular flexibility index (Phi) is 4.93. The van der Waals surface area contributed by atoms with Crippen LogP contribution >= 0.6 is 0 Å². The van der Waals surface area contributed by atoms with Gasteiger partial charge < -0.3 is 4.57 Å². The first kappa shape index (κ1) is 19.9. The minimum atomic E-state index is -0.449. The number of hydrogen-bond acceptors (Lipinski definition) is 5. The van der Waals surface area contributed by atoms with Crippen LogP contribution in [0.2, 0.25) is 0 Å². The van der Waals surface area contributed by atoms with Gasteiger partial charge in [0.2, 0.25) is 0 Å². The molecule has 2 aromatic carbocycles. The van der Waals surface area contributed by atoms with Gasteiger partial charge in [-0.1, -0.05) is 43.2 Å². The van der Waals surface area contributed by atoms with Gasteiger partial charge in [0.1, 0.15) is 0 Å². The minimum absolute atomic E-state index is 0.0171. The van der Waals surface area contributed by atoms with Crippen LogP contribution in [-0.4, -0.2) is 23.6 Å². The highest BCUT2D eigenvalue weighted by Crippen LogP contribution is 2.28. The van der Waals surface area contributed by atoms with Gasteiger partial charge in [0, 0.05) is 24.7 Å². The third-order valence-corrected chi connectivity index (χ3v) is 6.03. The second kappa shape index (κ2) is 7.92. The van der Waals surface area contributed by atoms with Crippen molar-refractivity contribution < 1.29 is 4.92 Å². The highest BCUT2D eigenvalue weighted by molar-refractivity contribution is 5.72. The first-order valence-corrected chi connectivity index (χ1v) is 10.6. The molecule has 5 rings (SSSR count). The molecule has 0 aliphatic heterocycles. The Hall–Kier alpha value is -4.01. The average Bonchev–Trinajstić information content (AvgIpc) is 3.46. The highest BCUT2D eigenvalue weighted by atomic mass is 16.6. The van der Waals surface area contributed by atoms with E-state index in [0.29, 0.717) is 16.8 Å². The van der Waals surface area contributed by atoms with Gasteiger partial charge in [0.25, 0.3) is 11.2 Å². The Morgan fingerprint density at radius 1 is 1.03 bits per heavy atom. The molecule has 1 aliphatic rings. The predicted molar refractivity (Wildman–Crippen MR) is 119 cm³/mol. The zero-order valence-electron chi connectivity index (χ0n) is 17.3. The monoisotopic (exact) mass is 431 g/mol. The van der Waals surface area contributed by atoms with Crippen LogP contribution in [0.5, 0.6) is 0 Å². The number of aromatic nitrogens is 4. The summed E-state index contributed by atoms with van der Waals surface area (Å²) in [5.41, 5.74) is 1.13. The third-order valence-electron chi connectivity index (χ3n) is 6.03. The number of non-ortho nitro benzene ring substituents is 1. The summed E-state index contributed by atoms with van der Waals surface area (Å²) in [5.74, 6) is 0. The van der Waals surface area contributed by atoms with Crippen molar-refractivity contribution in [2.24, 2.45) is 0 Å². The van der Waals surface area contributed by atoms with Gasteiger partial charge in [-0.05, 0) is 30.5 Å². The Morgan fingerprint density at radius 2 is 1.78 bits per heavy atom. The van der Waals surface area contributed by atoms with Crippen molar-refractivity contribution in [2.45, 2.75) is 38.3 Å². The molecule has 9 heteroatoms. The van der Waals surface area contributed by atoms with Crippen LogP contribution in [-0.2, 0) is 6.54 Å². The molecular weight excluding hydrogens is 410 g/mol. The number of fused-ring (bicyclic) bond motifs is 1. The van der Waals surface area contributed by atoms with Crippen molar-refractivity contribution in [3.8, 4) is 5.69 Å². The zero-order chi connectivity index (χ0) is 22.2. The van der Waals surface area contributed by atoms with Gasteiger partial charge in [0.05, 0.1) is 16.9 Å². The number of hydrogen-bond donors (Lipinski definition) is 0. The van der Waals surface area contributed by atoms with Crippen LogP contribution in [0.25, 0.3) is 16.9 Å². The van der Waals surface area contributed by atoms with E-state index in [1.54, 1.807) is 16.7 Å². The van der Waals surface area contributed by atoms with Crippen LogP contribution in [0.3, 0.4) is 0 Å². The lowest BCUT2D eigenvalue weighted by atomic mass is 10.2. The fourth-order valence-electron chi connectivity index (χ4n) is 4.53. The quantitative estimate of drug-likeness (QED) is 0.356. The van der Waals surface area contributed by atoms with Gasteiger partial charge >= 0.3 is 5.69 Å². The number of benzene rings is 2. The molecule has 1 saturated carbocycles. The molecule has 0 saturated heterocycles. The van der Waals surface area contributed by atoms with Crippen molar-refractivity contribution in [1.82, 2.24) is 18.7 Å². The normalized spacial score (nSPS) is 14.2. The highest BCUT2D eigenvalue weighted by Gasteiger charge is 2.26. The molecular formula is C23H21N5O4. The van der Waals surface area contributed by atoms with E-state index < -0.39 is 4.92 Å². The van der Waals surface area contributed by atoms with Crippen molar-refractivity contribution in [1.29, 1.82) is 0 Å². The fourth-order valence-corrected chi connectivity index (χ4v) is 4.53. The van der Waals surface area contributed by atoms with E-state index in [1.807, 2.05) is 30.3 Å². The van der Waals surface area contributed by atoms with Crippen molar-refractivity contribution >= 4 is 16.9 Å². The van der Waals surface area contributed by atoms with Gasteiger partial charge in [-0.15, -0.1) is 0 Å². The Bertz CT molecular complexity index is 1430.